The molecule has 3 aromatic carbocycles. The molecule has 1 N–H and O–H groups in total. The highest BCUT2D eigenvalue weighted by Crippen LogP contribution is 2.47. The molecule has 7 heteroatoms. The summed E-state index contributed by atoms with van der Waals surface area (Å²) in [5.74, 6) is -2.12. The van der Waals surface area contributed by atoms with Gasteiger partial charge in [0.2, 0.25) is 0 Å². The fourth-order valence-electron chi connectivity index (χ4n) is 3.45. The lowest BCUT2D eigenvalue weighted by Gasteiger charge is -2.37. The molecule has 1 atom stereocenters. The Hall–Kier alpha value is -2.93. The Labute approximate surface area is 155 Å². The number of phenolic OH excluding ortho intramolecular Hbond substituents is 1. The van der Waals surface area contributed by atoms with Gasteiger partial charge >= 0.3 is 0 Å². The highest BCUT2D eigenvalue weighted by atomic mass is 32.2. The average molecular weight is 387 g/mol. The molecule has 0 aromatic heterocycles. The minimum Gasteiger partial charge on any atom is -0.505 e. The first-order valence-electron chi connectivity index (χ1n) is 8.22. The van der Waals surface area contributed by atoms with E-state index in [1.165, 1.54) is 12.1 Å². The normalized spacial score (nSPS) is 16.0. The third-order valence-electron chi connectivity index (χ3n) is 4.72. The largest absolute Gasteiger partial charge is 0.505 e. The maximum Gasteiger partial charge on any atom is 0.265 e. The van der Waals surface area contributed by atoms with Gasteiger partial charge in [-0.05, 0) is 54.4 Å². The number of halogens is 2. The summed E-state index contributed by atoms with van der Waals surface area (Å²) in [5.41, 5.74) is 2.35. The fourth-order valence-corrected chi connectivity index (χ4v) is 5.12. The van der Waals surface area contributed by atoms with E-state index in [2.05, 4.69) is 0 Å². The summed E-state index contributed by atoms with van der Waals surface area (Å²) in [7, 11) is -4.16. The summed E-state index contributed by atoms with van der Waals surface area (Å²) < 4.78 is 55.4. The number of aromatic hydroxyl groups is 1. The fraction of sp³-hybridized carbons (Fsp3) is 0.100. The van der Waals surface area contributed by atoms with Crippen molar-refractivity contribution >= 4 is 15.7 Å². The first-order valence-corrected chi connectivity index (χ1v) is 9.66. The van der Waals surface area contributed by atoms with Gasteiger partial charge in [0.05, 0.1) is 16.6 Å². The predicted octanol–water partition coefficient (Wildman–Crippen LogP) is 4.61. The standard InChI is InChI=1S/C20H15F2NO3S/c1-12-17-10-13(21)6-8-15(17)16-4-2-3-5-19(16)23(12)27(25,26)14-7-9-20(24)18(22)11-14/h2-12,24H,1H3. The Kier molecular flexibility index (Phi) is 3.92. The molecular weight excluding hydrogens is 372 g/mol. The smallest absolute Gasteiger partial charge is 0.265 e. The molecule has 0 radical (unpaired) electrons. The molecule has 0 saturated carbocycles. The van der Waals surface area contributed by atoms with Gasteiger partial charge in [-0.1, -0.05) is 24.3 Å². The Morgan fingerprint density at radius 3 is 2.44 bits per heavy atom. The molecule has 0 aliphatic carbocycles. The Bertz CT molecular complexity index is 1160. The van der Waals surface area contributed by atoms with Gasteiger partial charge in [0.1, 0.15) is 5.82 Å². The van der Waals surface area contributed by atoms with Crippen LogP contribution in [0, 0.1) is 11.6 Å². The van der Waals surface area contributed by atoms with Gasteiger partial charge < -0.3 is 5.11 Å². The van der Waals surface area contributed by atoms with E-state index in [1.54, 1.807) is 37.3 Å². The number of sulfonamides is 1. The molecule has 1 unspecified atom stereocenters. The molecule has 1 aliphatic rings. The van der Waals surface area contributed by atoms with Crippen LogP contribution in [0.4, 0.5) is 14.5 Å². The Morgan fingerprint density at radius 2 is 1.70 bits per heavy atom. The molecule has 27 heavy (non-hydrogen) atoms. The summed E-state index contributed by atoms with van der Waals surface area (Å²) in [4.78, 5) is -0.292. The zero-order valence-electron chi connectivity index (χ0n) is 14.2. The molecule has 4 nitrogen and oxygen atoms in total. The van der Waals surface area contributed by atoms with Gasteiger partial charge in [0, 0.05) is 5.56 Å². The van der Waals surface area contributed by atoms with Crippen LogP contribution in [0.15, 0.2) is 65.6 Å². The number of hydrogen-bond donors (Lipinski definition) is 1. The van der Waals surface area contributed by atoms with Gasteiger partial charge in [-0.15, -0.1) is 0 Å². The van der Waals surface area contributed by atoms with Crippen LogP contribution in [0.1, 0.15) is 18.5 Å². The van der Waals surface area contributed by atoms with Gasteiger partial charge in [-0.25, -0.2) is 17.2 Å². The van der Waals surface area contributed by atoms with Crippen molar-refractivity contribution in [3.63, 3.8) is 0 Å². The second-order valence-corrected chi connectivity index (χ2v) is 8.15. The maximum absolute atomic E-state index is 13.8. The van der Waals surface area contributed by atoms with Crippen molar-refractivity contribution in [2.75, 3.05) is 4.31 Å². The Morgan fingerprint density at radius 1 is 0.963 bits per heavy atom. The van der Waals surface area contributed by atoms with E-state index in [-0.39, 0.29) is 4.90 Å². The van der Waals surface area contributed by atoms with Crippen molar-refractivity contribution in [3.05, 3.63) is 77.9 Å². The first-order chi connectivity index (χ1) is 12.8. The summed E-state index contributed by atoms with van der Waals surface area (Å²) in [6.45, 7) is 1.66. The van der Waals surface area contributed by atoms with Crippen LogP contribution >= 0.6 is 0 Å². The molecule has 0 bridgehead atoms. The SMILES string of the molecule is CC1c2cc(F)ccc2-c2ccccc2N1S(=O)(=O)c1ccc(O)c(F)c1. The van der Waals surface area contributed by atoms with Crippen LogP contribution in [-0.2, 0) is 10.0 Å². The topological polar surface area (TPSA) is 57.6 Å². The lowest BCUT2D eigenvalue weighted by atomic mass is 9.90. The van der Waals surface area contributed by atoms with Crippen LogP contribution in [0.5, 0.6) is 5.75 Å². The average Bonchev–Trinajstić information content (AvgIpc) is 2.64. The molecule has 3 aromatic rings. The van der Waals surface area contributed by atoms with Crippen molar-refractivity contribution in [1.82, 2.24) is 0 Å². The molecule has 1 heterocycles. The van der Waals surface area contributed by atoms with Gasteiger partial charge in [0.25, 0.3) is 10.0 Å². The van der Waals surface area contributed by atoms with Gasteiger partial charge in [-0.3, -0.25) is 4.31 Å². The summed E-state index contributed by atoms with van der Waals surface area (Å²) >= 11 is 0. The van der Waals surface area contributed by atoms with Crippen LogP contribution < -0.4 is 4.31 Å². The van der Waals surface area contributed by atoms with Crippen molar-refractivity contribution in [1.29, 1.82) is 0 Å². The molecule has 0 fully saturated rings. The molecule has 138 valence electrons. The van der Waals surface area contributed by atoms with E-state index in [9.17, 15) is 22.3 Å². The molecule has 4 rings (SSSR count). The van der Waals surface area contributed by atoms with Crippen molar-refractivity contribution in [2.24, 2.45) is 0 Å². The number of phenols is 1. The van der Waals surface area contributed by atoms with E-state index in [1.807, 2.05) is 0 Å². The number of anilines is 1. The molecule has 0 saturated heterocycles. The van der Waals surface area contributed by atoms with E-state index < -0.39 is 33.4 Å². The number of fused-ring (bicyclic) bond motifs is 3. The van der Waals surface area contributed by atoms with Crippen LogP contribution in [0.3, 0.4) is 0 Å². The number of hydrogen-bond acceptors (Lipinski definition) is 3. The minimum atomic E-state index is -4.16. The van der Waals surface area contributed by atoms with E-state index >= 15 is 0 Å². The van der Waals surface area contributed by atoms with E-state index in [4.69, 9.17) is 0 Å². The van der Waals surface area contributed by atoms with E-state index in [0.29, 0.717) is 16.8 Å². The number of benzene rings is 3. The van der Waals surface area contributed by atoms with Crippen molar-refractivity contribution < 1.29 is 22.3 Å². The molecule has 0 spiro atoms. The molecular formula is C20H15F2NO3S. The minimum absolute atomic E-state index is 0.292. The lowest BCUT2D eigenvalue weighted by molar-refractivity contribution is 0.431. The Balaban J connectivity index is 1.96. The van der Waals surface area contributed by atoms with Crippen molar-refractivity contribution in [2.45, 2.75) is 17.9 Å². The zero-order valence-corrected chi connectivity index (χ0v) is 15.0. The molecule has 1 aliphatic heterocycles. The van der Waals surface area contributed by atoms with Crippen molar-refractivity contribution in [3.8, 4) is 16.9 Å². The monoisotopic (exact) mass is 387 g/mol. The lowest BCUT2D eigenvalue weighted by Crippen LogP contribution is -2.36. The highest BCUT2D eigenvalue weighted by Gasteiger charge is 2.37. The summed E-state index contributed by atoms with van der Waals surface area (Å²) in [5, 5.41) is 9.37. The molecule has 0 amide bonds. The maximum atomic E-state index is 13.8. The second-order valence-electron chi connectivity index (χ2n) is 6.34. The van der Waals surface area contributed by atoms with Crippen LogP contribution in [0.2, 0.25) is 0 Å². The van der Waals surface area contributed by atoms with Gasteiger partial charge in [-0.2, -0.15) is 0 Å². The van der Waals surface area contributed by atoms with Crippen LogP contribution in [0.25, 0.3) is 11.1 Å². The highest BCUT2D eigenvalue weighted by molar-refractivity contribution is 7.92. The number of para-hydroxylation sites is 1. The predicted molar refractivity (Wildman–Crippen MR) is 98.0 cm³/mol. The zero-order chi connectivity index (χ0) is 19.3. The number of nitrogens with zero attached hydrogens (tertiary/aromatic N) is 1. The van der Waals surface area contributed by atoms with Crippen LogP contribution in [-0.4, -0.2) is 13.5 Å². The summed E-state index contributed by atoms with van der Waals surface area (Å²) in [6.07, 6.45) is 0. The van der Waals surface area contributed by atoms with E-state index in [0.717, 1.165) is 28.1 Å². The third-order valence-corrected chi connectivity index (χ3v) is 6.60. The summed E-state index contributed by atoms with van der Waals surface area (Å²) in [6, 6.07) is 13.4. The first kappa shape index (κ1) is 17.5. The third kappa shape index (κ3) is 2.66. The quantitative estimate of drug-likeness (QED) is 0.699. The number of rotatable bonds is 2. The van der Waals surface area contributed by atoms with Gasteiger partial charge in [0.15, 0.2) is 11.6 Å². The second kappa shape index (κ2) is 6.06.